The number of aromatic nitrogens is 3. The molecule has 0 spiro atoms. The standard InChI is InChI=1S/C17H19N5O/c1-10-5-6-14(11(2)7-10)20-15-9-16(19-13(4)18-15)21-17-8-12(3)23-22-17/h5-9H,1-4H3,(H2,18,19,20,21,22). The summed E-state index contributed by atoms with van der Waals surface area (Å²) in [6.45, 7) is 7.84. The van der Waals surface area contributed by atoms with Crippen molar-refractivity contribution in [3.63, 3.8) is 0 Å². The predicted molar refractivity (Wildman–Crippen MR) is 90.5 cm³/mol. The first-order valence-corrected chi connectivity index (χ1v) is 7.40. The lowest BCUT2D eigenvalue weighted by atomic mass is 10.1. The van der Waals surface area contributed by atoms with E-state index in [9.17, 15) is 0 Å². The van der Waals surface area contributed by atoms with Gasteiger partial charge in [-0.1, -0.05) is 22.9 Å². The molecule has 2 heterocycles. The van der Waals surface area contributed by atoms with Gasteiger partial charge in [0, 0.05) is 17.8 Å². The smallest absolute Gasteiger partial charge is 0.175 e. The van der Waals surface area contributed by atoms with Gasteiger partial charge < -0.3 is 15.2 Å². The minimum atomic E-state index is 0.623. The van der Waals surface area contributed by atoms with Crippen LogP contribution in [0.15, 0.2) is 34.9 Å². The van der Waals surface area contributed by atoms with Crippen LogP contribution in [0.3, 0.4) is 0 Å². The summed E-state index contributed by atoms with van der Waals surface area (Å²) >= 11 is 0. The summed E-state index contributed by atoms with van der Waals surface area (Å²) in [6, 6.07) is 9.91. The number of anilines is 4. The summed E-state index contributed by atoms with van der Waals surface area (Å²) in [6.07, 6.45) is 0. The molecule has 6 nitrogen and oxygen atoms in total. The van der Waals surface area contributed by atoms with Crippen molar-refractivity contribution in [1.29, 1.82) is 0 Å². The summed E-state index contributed by atoms with van der Waals surface area (Å²) in [4.78, 5) is 8.81. The van der Waals surface area contributed by atoms with Crippen LogP contribution in [0.25, 0.3) is 0 Å². The number of nitrogens with zero attached hydrogens (tertiary/aromatic N) is 3. The Labute approximate surface area is 135 Å². The summed E-state index contributed by atoms with van der Waals surface area (Å²) in [5.41, 5.74) is 3.43. The molecule has 118 valence electrons. The Morgan fingerprint density at radius 3 is 2.22 bits per heavy atom. The second kappa shape index (κ2) is 6.08. The van der Waals surface area contributed by atoms with Crippen LogP contribution < -0.4 is 10.6 Å². The van der Waals surface area contributed by atoms with Gasteiger partial charge in [0.2, 0.25) is 0 Å². The van der Waals surface area contributed by atoms with Crippen molar-refractivity contribution in [1.82, 2.24) is 15.1 Å². The number of rotatable bonds is 4. The lowest BCUT2D eigenvalue weighted by Crippen LogP contribution is -2.02. The van der Waals surface area contributed by atoms with E-state index >= 15 is 0 Å². The first kappa shape index (κ1) is 15.0. The largest absolute Gasteiger partial charge is 0.360 e. The van der Waals surface area contributed by atoms with E-state index in [0.717, 1.165) is 17.3 Å². The van der Waals surface area contributed by atoms with Gasteiger partial charge in [0.1, 0.15) is 23.2 Å². The van der Waals surface area contributed by atoms with Crippen LogP contribution in [0.2, 0.25) is 0 Å². The minimum absolute atomic E-state index is 0.623. The van der Waals surface area contributed by atoms with Crippen LogP contribution >= 0.6 is 0 Å². The topological polar surface area (TPSA) is 75.9 Å². The highest BCUT2D eigenvalue weighted by Crippen LogP contribution is 2.23. The third-order valence-corrected chi connectivity index (χ3v) is 3.37. The summed E-state index contributed by atoms with van der Waals surface area (Å²) in [5, 5.41) is 10.4. The molecule has 0 amide bonds. The van der Waals surface area contributed by atoms with Crippen molar-refractivity contribution in [2.45, 2.75) is 27.7 Å². The predicted octanol–water partition coefficient (Wildman–Crippen LogP) is 4.19. The van der Waals surface area contributed by atoms with Crippen LogP contribution in [-0.2, 0) is 0 Å². The molecule has 2 N–H and O–H groups in total. The van der Waals surface area contributed by atoms with Gasteiger partial charge in [-0.3, -0.25) is 0 Å². The molecule has 3 aromatic rings. The van der Waals surface area contributed by atoms with Crippen molar-refractivity contribution in [3.8, 4) is 0 Å². The van der Waals surface area contributed by atoms with Crippen molar-refractivity contribution in [2.24, 2.45) is 0 Å². The zero-order valence-corrected chi connectivity index (χ0v) is 13.6. The average molecular weight is 309 g/mol. The molecule has 0 saturated carbocycles. The van der Waals surface area contributed by atoms with Gasteiger partial charge in [-0.2, -0.15) is 0 Å². The van der Waals surface area contributed by atoms with E-state index in [1.54, 1.807) is 0 Å². The molecule has 0 fully saturated rings. The maximum absolute atomic E-state index is 5.05. The third kappa shape index (κ3) is 3.66. The fourth-order valence-electron chi connectivity index (χ4n) is 2.34. The van der Waals surface area contributed by atoms with E-state index in [0.29, 0.717) is 17.5 Å². The maximum Gasteiger partial charge on any atom is 0.175 e. The quantitative estimate of drug-likeness (QED) is 0.752. The zero-order valence-electron chi connectivity index (χ0n) is 13.6. The molecule has 0 aliphatic heterocycles. The first-order chi connectivity index (χ1) is 11.0. The summed E-state index contributed by atoms with van der Waals surface area (Å²) in [5.74, 6) is 3.43. The lowest BCUT2D eigenvalue weighted by molar-refractivity contribution is 0.400. The van der Waals surface area contributed by atoms with E-state index in [1.165, 1.54) is 11.1 Å². The molecule has 0 bridgehead atoms. The first-order valence-electron chi connectivity index (χ1n) is 7.40. The van der Waals surface area contributed by atoms with Gasteiger partial charge in [-0.25, -0.2) is 9.97 Å². The maximum atomic E-state index is 5.05. The third-order valence-electron chi connectivity index (χ3n) is 3.37. The lowest BCUT2D eigenvalue weighted by Gasteiger charge is -2.11. The van der Waals surface area contributed by atoms with E-state index in [4.69, 9.17) is 4.52 Å². The molecular formula is C17H19N5O. The van der Waals surface area contributed by atoms with Gasteiger partial charge in [0.05, 0.1) is 0 Å². The summed E-state index contributed by atoms with van der Waals surface area (Å²) in [7, 11) is 0. The Bertz CT molecular complexity index is 841. The molecule has 2 aromatic heterocycles. The molecule has 6 heteroatoms. The van der Waals surface area contributed by atoms with Gasteiger partial charge >= 0.3 is 0 Å². The van der Waals surface area contributed by atoms with Gasteiger partial charge in [-0.05, 0) is 39.3 Å². The van der Waals surface area contributed by atoms with Crippen LogP contribution in [0.5, 0.6) is 0 Å². The second-order valence-corrected chi connectivity index (χ2v) is 5.58. The minimum Gasteiger partial charge on any atom is -0.360 e. The Kier molecular flexibility index (Phi) is 3.97. The van der Waals surface area contributed by atoms with E-state index in [2.05, 4.69) is 57.8 Å². The van der Waals surface area contributed by atoms with Crippen LogP contribution in [0.4, 0.5) is 23.1 Å². The van der Waals surface area contributed by atoms with Crippen LogP contribution in [-0.4, -0.2) is 15.1 Å². The van der Waals surface area contributed by atoms with Gasteiger partial charge in [0.25, 0.3) is 0 Å². The zero-order chi connectivity index (χ0) is 16.4. The molecule has 23 heavy (non-hydrogen) atoms. The molecule has 0 aliphatic rings. The molecule has 3 rings (SSSR count). The van der Waals surface area contributed by atoms with Gasteiger partial charge in [0.15, 0.2) is 5.82 Å². The Balaban J connectivity index is 1.85. The molecule has 0 saturated heterocycles. The molecule has 0 unspecified atom stereocenters. The average Bonchev–Trinajstić information content (AvgIpc) is 2.86. The summed E-state index contributed by atoms with van der Waals surface area (Å²) < 4.78 is 5.05. The Morgan fingerprint density at radius 1 is 0.826 bits per heavy atom. The SMILES string of the molecule is Cc1ccc(Nc2cc(Nc3cc(C)on3)nc(C)n2)c(C)c1. The fraction of sp³-hybridized carbons (Fsp3) is 0.235. The molecular weight excluding hydrogens is 290 g/mol. The van der Waals surface area contributed by atoms with Crippen molar-refractivity contribution >= 4 is 23.1 Å². The Morgan fingerprint density at radius 2 is 1.57 bits per heavy atom. The fourth-order valence-corrected chi connectivity index (χ4v) is 2.34. The highest BCUT2D eigenvalue weighted by atomic mass is 16.5. The van der Waals surface area contributed by atoms with E-state index in [-0.39, 0.29) is 0 Å². The highest BCUT2D eigenvalue weighted by Gasteiger charge is 2.07. The second-order valence-electron chi connectivity index (χ2n) is 5.58. The normalized spacial score (nSPS) is 10.6. The number of aryl methyl sites for hydroxylation is 4. The van der Waals surface area contributed by atoms with Crippen molar-refractivity contribution in [3.05, 3.63) is 53.0 Å². The van der Waals surface area contributed by atoms with Crippen LogP contribution in [0, 0.1) is 27.7 Å². The van der Waals surface area contributed by atoms with Crippen molar-refractivity contribution in [2.75, 3.05) is 10.6 Å². The molecule has 0 atom stereocenters. The monoisotopic (exact) mass is 309 g/mol. The number of hydrogen-bond donors (Lipinski definition) is 2. The molecule has 1 aromatic carbocycles. The molecule has 0 aliphatic carbocycles. The van der Waals surface area contributed by atoms with Crippen LogP contribution in [0.1, 0.15) is 22.7 Å². The highest BCUT2D eigenvalue weighted by molar-refractivity contribution is 5.64. The van der Waals surface area contributed by atoms with Gasteiger partial charge in [-0.15, -0.1) is 0 Å². The van der Waals surface area contributed by atoms with Crippen molar-refractivity contribution < 1.29 is 4.52 Å². The van der Waals surface area contributed by atoms with E-state index < -0.39 is 0 Å². The number of hydrogen-bond acceptors (Lipinski definition) is 6. The number of benzene rings is 1. The number of nitrogens with one attached hydrogen (secondary N) is 2. The van der Waals surface area contributed by atoms with E-state index in [1.807, 2.05) is 26.0 Å². The molecule has 0 radical (unpaired) electrons. The Hall–Kier alpha value is -2.89.